The first-order chi connectivity index (χ1) is 8.18. The molecule has 0 fully saturated rings. The van der Waals surface area contributed by atoms with Gasteiger partial charge in [0.05, 0.1) is 6.61 Å². The molecule has 0 amide bonds. The summed E-state index contributed by atoms with van der Waals surface area (Å²) in [6.45, 7) is 9.28. The number of aliphatic hydroxyl groups is 1. The van der Waals surface area contributed by atoms with Crippen molar-refractivity contribution in [2.24, 2.45) is 0 Å². The quantitative estimate of drug-likeness (QED) is 0.519. The summed E-state index contributed by atoms with van der Waals surface area (Å²) >= 11 is 0. The lowest BCUT2D eigenvalue weighted by molar-refractivity contribution is 0.107. The topological polar surface area (TPSA) is 41.5 Å². The highest BCUT2D eigenvalue weighted by atomic mass is 16.5. The van der Waals surface area contributed by atoms with E-state index in [4.69, 9.17) is 4.74 Å². The minimum Gasteiger partial charge on any atom is -0.394 e. The van der Waals surface area contributed by atoms with E-state index in [1.54, 1.807) is 0 Å². The molecule has 0 saturated carbocycles. The first-order valence-electron chi connectivity index (χ1n) is 7.12. The van der Waals surface area contributed by atoms with E-state index >= 15 is 0 Å². The molecule has 0 spiro atoms. The lowest BCUT2D eigenvalue weighted by Gasteiger charge is -2.28. The maximum Gasteiger partial charge on any atom is 0.0610 e. The molecular weight excluding hydrogens is 214 g/mol. The first kappa shape index (κ1) is 16.9. The van der Waals surface area contributed by atoms with E-state index in [0.717, 1.165) is 39.0 Å². The second-order valence-electron chi connectivity index (χ2n) is 5.07. The molecule has 0 aliphatic rings. The normalized spacial score (nSPS) is 14.8. The van der Waals surface area contributed by atoms with Crippen LogP contribution in [0.1, 0.15) is 59.3 Å². The predicted octanol–water partition coefficient (Wildman–Crippen LogP) is 2.72. The molecule has 0 aromatic carbocycles. The lowest BCUT2D eigenvalue weighted by atomic mass is 9.97. The molecule has 2 N–H and O–H groups in total. The van der Waals surface area contributed by atoms with Crippen LogP contribution in [-0.2, 0) is 4.74 Å². The van der Waals surface area contributed by atoms with E-state index in [2.05, 4.69) is 26.1 Å². The Labute approximate surface area is 107 Å². The first-order valence-corrected chi connectivity index (χ1v) is 7.12. The number of nitrogens with one attached hydrogen (secondary N) is 1. The lowest BCUT2D eigenvalue weighted by Crippen LogP contribution is -2.46. The molecule has 0 aromatic rings. The largest absolute Gasteiger partial charge is 0.394 e. The van der Waals surface area contributed by atoms with Crippen LogP contribution in [0.2, 0.25) is 0 Å². The Balaban J connectivity index is 3.48. The number of rotatable bonds is 12. The summed E-state index contributed by atoms with van der Waals surface area (Å²) in [6, 6.07) is 0. The number of aliphatic hydroxyl groups excluding tert-OH is 1. The summed E-state index contributed by atoms with van der Waals surface area (Å²) in [4.78, 5) is 0. The fraction of sp³-hybridized carbons (Fsp3) is 1.00. The van der Waals surface area contributed by atoms with Gasteiger partial charge in [-0.05, 0) is 39.2 Å². The molecule has 0 bridgehead atoms. The van der Waals surface area contributed by atoms with Gasteiger partial charge < -0.3 is 15.2 Å². The van der Waals surface area contributed by atoms with Gasteiger partial charge in [-0.25, -0.2) is 0 Å². The molecule has 0 aliphatic heterocycles. The minimum absolute atomic E-state index is 0.136. The number of ether oxygens (including phenoxy) is 1. The van der Waals surface area contributed by atoms with Gasteiger partial charge in [0, 0.05) is 18.8 Å². The van der Waals surface area contributed by atoms with Crippen LogP contribution >= 0.6 is 0 Å². The van der Waals surface area contributed by atoms with Gasteiger partial charge in [-0.2, -0.15) is 0 Å². The van der Waals surface area contributed by atoms with Crippen molar-refractivity contribution in [3.8, 4) is 0 Å². The Hall–Kier alpha value is -0.120. The van der Waals surface area contributed by atoms with Crippen molar-refractivity contribution in [3.05, 3.63) is 0 Å². The van der Waals surface area contributed by atoms with Crippen molar-refractivity contribution in [3.63, 3.8) is 0 Å². The molecule has 0 aliphatic carbocycles. The maximum absolute atomic E-state index is 9.38. The summed E-state index contributed by atoms with van der Waals surface area (Å²) in [5, 5.41) is 12.8. The maximum atomic E-state index is 9.38. The predicted molar refractivity (Wildman–Crippen MR) is 73.4 cm³/mol. The van der Waals surface area contributed by atoms with Crippen molar-refractivity contribution >= 4 is 0 Å². The van der Waals surface area contributed by atoms with E-state index in [-0.39, 0.29) is 12.1 Å². The van der Waals surface area contributed by atoms with E-state index in [9.17, 15) is 5.11 Å². The summed E-state index contributed by atoms with van der Waals surface area (Å²) in [6.07, 6.45) is 6.75. The van der Waals surface area contributed by atoms with Crippen LogP contribution in [0.4, 0.5) is 0 Å². The summed E-state index contributed by atoms with van der Waals surface area (Å²) < 4.78 is 5.57. The van der Waals surface area contributed by atoms with Crippen molar-refractivity contribution in [2.75, 3.05) is 26.4 Å². The third kappa shape index (κ3) is 9.57. The zero-order valence-corrected chi connectivity index (χ0v) is 11.9. The van der Waals surface area contributed by atoms with Gasteiger partial charge in [0.25, 0.3) is 0 Å². The molecule has 0 heterocycles. The average Bonchev–Trinajstić information content (AvgIpc) is 2.35. The Morgan fingerprint density at radius 1 is 1.06 bits per heavy atom. The summed E-state index contributed by atoms with van der Waals surface area (Å²) in [5.74, 6) is 0. The Morgan fingerprint density at radius 3 is 2.35 bits per heavy atom. The zero-order chi connectivity index (χ0) is 13.0. The highest BCUT2D eigenvalue weighted by Gasteiger charge is 2.21. The van der Waals surface area contributed by atoms with Crippen LogP contribution in [0.15, 0.2) is 0 Å². The molecule has 3 heteroatoms. The molecule has 1 atom stereocenters. The third-order valence-corrected chi connectivity index (χ3v) is 3.06. The highest BCUT2D eigenvalue weighted by Crippen LogP contribution is 2.11. The monoisotopic (exact) mass is 245 g/mol. The summed E-state index contributed by atoms with van der Waals surface area (Å²) in [7, 11) is 0. The van der Waals surface area contributed by atoms with Gasteiger partial charge in [-0.15, -0.1) is 0 Å². The average molecular weight is 245 g/mol. The number of unbranched alkanes of at least 4 members (excludes halogenated alkanes) is 2. The minimum atomic E-state index is -0.136. The summed E-state index contributed by atoms with van der Waals surface area (Å²) in [5.41, 5.74) is -0.136. The van der Waals surface area contributed by atoms with Crippen molar-refractivity contribution in [1.29, 1.82) is 0 Å². The van der Waals surface area contributed by atoms with Crippen LogP contribution in [-0.4, -0.2) is 37.0 Å². The van der Waals surface area contributed by atoms with Gasteiger partial charge >= 0.3 is 0 Å². The van der Waals surface area contributed by atoms with E-state index in [1.165, 1.54) is 19.3 Å². The molecule has 0 radical (unpaired) electrons. The fourth-order valence-electron chi connectivity index (χ4n) is 1.77. The van der Waals surface area contributed by atoms with Gasteiger partial charge in [0.1, 0.15) is 0 Å². The van der Waals surface area contributed by atoms with E-state index in [1.807, 2.05) is 0 Å². The van der Waals surface area contributed by atoms with Gasteiger partial charge in [-0.3, -0.25) is 0 Å². The molecule has 1 unspecified atom stereocenters. The molecule has 0 saturated heterocycles. The molecule has 104 valence electrons. The van der Waals surface area contributed by atoms with E-state index < -0.39 is 0 Å². The molecular formula is C14H31NO2. The Bertz CT molecular complexity index is 164. The smallest absolute Gasteiger partial charge is 0.0610 e. The molecule has 0 aromatic heterocycles. The van der Waals surface area contributed by atoms with Crippen molar-refractivity contribution < 1.29 is 9.84 Å². The molecule has 17 heavy (non-hydrogen) atoms. The van der Waals surface area contributed by atoms with Crippen molar-refractivity contribution in [2.45, 2.75) is 64.8 Å². The van der Waals surface area contributed by atoms with Gasteiger partial charge in [0.15, 0.2) is 0 Å². The molecule has 0 rings (SSSR count). The fourth-order valence-corrected chi connectivity index (χ4v) is 1.77. The van der Waals surface area contributed by atoms with Gasteiger partial charge in [-0.1, -0.05) is 26.7 Å². The van der Waals surface area contributed by atoms with Crippen LogP contribution < -0.4 is 5.32 Å². The van der Waals surface area contributed by atoms with Crippen LogP contribution in [0.3, 0.4) is 0 Å². The van der Waals surface area contributed by atoms with E-state index in [0.29, 0.717) is 0 Å². The standard InChI is InChI=1S/C14H31NO2/c1-4-6-7-11-17-12-8-9-14(3,13-16)15-10-5-2/h15-16H,4-13H2,1-3H3. The van der Waals surface area contributed by atoms with Gasteiger partial charge in [0.2, 0.25) is 0 Å². The zero-order valence-electron chi connectivity index (χ0n) is 11.9. The number of hydrogen-bond acceptors (Lipinski definition) is 3. The third-order valence-electron chi connectivity index (χ3n) is 3.06. The van der Waals surface area contributed by atoms with Crippen LogP contribution in [0, 0.1) is 0 Å². The second-order valence-corrected chi connectivity index (χ2v) is 5.07. The van der Waals surface area contributed by atoms with Crippen molar-refractivity contribution in [1.82, 2.24) is 5.32 Å². The van der Waals surface area contributed by atoms with Crippen LogP contribution in [0.25, 0.3) is 0 Å². The second kappa shape index (κ2) is 11.0. The number of hydrogen-bond donors (Lipinski definition) is 2. The molecule has 3 nitrogen and oxygen atoms in total. The Morgan fingerprint density at radius 2 is 1.76 bits per heavy atom. The van der Waals surface area contributed by atoms with Crippen LogP contribution in [0.5, 0.6) is 0 Å². The SMILES string of the molecule is CCCCCOCCCC(C)(CO)NCCC. The Kier molecular flexibility index (Phi) is 10.9. The highest BCUT2D eigenvalue weighted by molar-refractivity contribution is 4.81.